The van der Waals surface area contributed by atoms with Gasteiger partial charge in [0.05, 0.1) is 11.7 Å². The van der Waals surface area contributed by atoms with Crippen molar-refractivity contribution in [3.05, 3.63) is 30.1 Å². The van der Waals surface area contributed by atoms with Crippen LogP contribution >= 0.6 is 12.4 Å². The number of carbonyl (C=O) groups is 2. The summed E-state index contributed by atoms with van der Waals surface area (Å²) in [7, 11) is 1.58. The van der Waals surface area contributed by atoms with E-state index < -0.39 is 23.3 Å². The average molecular weight is 358 g/mol. The summed E-state index contributed by atoms with van der Waals surface area (Å²) < 4.78 is 13.9. The summed E-state index contributed by atoms with van der Waals surface area (Å²) in [4.78, 5) is 27.9. The molecule has 1 fully saturated rings. The van der Waals surface area contributed by atoms with E-state index in [0.717, 1.165) is 0 Å². The van der Waals surface area contributed by atoms with Crippen molar-refractivity contribution >= 4 is 29.9 Å². The second-order valence-electron chi connectivity index (χ2n) is 7.04. The molecule has 134 valence electrons. The zero-order valence-electron chi connectivity index (χ0n) is 14.5. The third-order valence-corrected chi connectivity index (χ3v) is 4.33. The van der Waals surface area contributed by atoms with E-state index in [9.17, 15) is 14.0 Å². The number of benzene rings is 1. The van der Waals surface area contributed by atoms with Gasteiger partial charge < -0.3 is 15.5 Å². The molecule has 0 radical (unpaired) electrons. The SMILES string of the molecule is CN(C(=O)[C@@H](N)C(C)(C)C)C1CCN(c2ccccc2F)C1=O.Cl. The van der Waals surface area contributed by atoms with Gasteiger partial charge in [-0.3, -0.25) is 9.59 Å². The maximum atomic E-state index is 13.9. The number of amides is 2. The van der Waals surface area contributed by atoms with Crippen LogP contribution in [0.4, 0.5) is 10.1 Å². The summed E-state index contributed by atoms with van der Waals surface area (Å²) in [6.07, 6.45) is 0.465. The first-order chi connectivity index (χ1) is 10.6. The van der Waals surface area contributed by atoms with Gasteiger partial charge in [0.1, 0.15) is 11.9 Å². The number of nitrogens with two attached hydrogens (primary N) is 1. The van der Waals surface area contributed by atoms with E-state index >= 15 is 0 Å². The Labute approximate surface area is 148 Å². The van der Waals surface area contributed by atoms with Gasteiger partial charge in [-0.25, -0.2) is 4.39 Å². The van der Waals surface area contributed by atoms with Crippen LogP contribution in [-0.2, 0) is 9.59 Å². The summed E-state index contributed by atoms with van der Waals surface area (Å²) >= 11 is 0. The smallest absolute Gasteiger partial charge is 0.249 e. The number of hydrogen-bond donors (Lipinski definition) is 1. The van der Waals surface area contributed by atoms with Crippen molar-refractivity contribution in [2.45, 2.75) is 39.3 Å². The first-order valence-electron chi connectivity index (χ1n) is 7.72. The number of anilines is 1. The van der Waals surface area contributed by atoms with Crippen LogP contribution in [0.15, 0.2) is 24.3 Å². The fourth-order valence-corrected chi connectivity index (χ4v) is 2.68. The number of likely N-dealkylation sites (N-methyl/N-ethyl adjacent to an activating group) is 1. The van der Waals surface area contributed by atoms with E-state index in [4.69, 9.17) is 5.73 Å². The number of hydrogen-bond acceptors (Lipinski definition) is 3. The summed E-state index contributed by atoms with van der Waals surface area (Å²) in [6, 6.07) is 4.86. The van der Waals surface area contributed by atoms with Crippen molar-refractivity contribution in [2.24, 2.45) is 11.1 Å². The average Bonchev–Trinajstić information content (AvgIpc) is 2.86. The summed E-state index contributed by atoms with van der Waals surface area (Å²) in [6.45, 7) is 6.02. The molecule has 2 amide bonds. The monoisotopic (exact) mass is 357 g/mol. The maximum Gasteiger partial charge on any atom is 0.249 e. The van der Waals surface area contributed by atoms with Gasteiger partial charge in [-0.05, 0) is 24.0 Å². The zero-order chi connectivity index (χ0) is 17.4. The minimum Gasteiger partial charge on any atom is -0.332 e. The van der Waals surface area contributed by atoms with Crippen molar-refractivity contribution in [3.8, 4) is 0 Å². The zero-order valence-corrected chi connectivity index (χ0v) is 15.3. The fourth-order valence-electron chi connectivity index (χ4n) is 2.68. The number of rotatable bonds is 3. The third kappa shape index (κ3) is 3.87. The Morgan fingerprint density at radius 2 is 1.96 bits per heavy atom. The summed E-state index contributed by atoms with van der Waals surface area (Å²) in [5.41, 5.74) is 5.86. The highest BCUT2D eigenvalue weighted by Gasteiger charge is 2.40. The van der Waals surface area contributed by atoms with Gasteiger partial charge >= 0.3 is 0 Å². The van der Waals surface area contributed by atoms with Crippen molar-refractivity contribution in [3.63, 3.8) is 0 Å². The quantitative estimate of drug-likeness (QED) is 0.901. The lowest BCUT2D eigenvalue weighted by atomic mass is 9.86. The van der Waals surface area contributed by atoms with Crippen LogP contribution in [0, 0.1) is 11.2 Å². The van der Waals surface area contributed by atoms with Gasteiger partial charge in [0.2, 0.25) is 11.8 Å². The molecule has 0 spiro atoms. The van der Waals surface area contributed by atoms with Crippen molar-refractivity contribution in [2.75, 3.05) is 18.5 Å². The summed E-state index contributed by atoms with van der Waals surface area (Å²) in [5.74, 6) is -0.986. The molecule has 0 aromatic heterocycles. The van der Waals surface area contributed by atoms with Crippen LogP contribution in [0.3, 0.4) is 0 Å². The predicted molar refractivity (Wildman–Crippen MR) is 94.6 cm³/mol. The highest BCUT2D eigenvalue weighted by Crippen LogP contribution is 2.27. The number of nitrogens with zero attached hydrogens (tertiary/aromatic N) is 2. The molecule has 7 heteroatoms. The molecule has 5 nitrogen and oxygen atoms in total. The number of halogens is 2. The second-order valence-corrected chi connectivity index (χ2v) is 7.04. The number of carbonyl (C=O) groups excluding carboxylic acids is 2. The summed E-state index contributed by atoms with van der Waals surface area (Å²) in [5, 5.41) is 0. The Balaban J connectivity index is 0.00000288. The van der Waals surface area contributed by atoms with E-state index in [-0.39, 0.29) is 29.9 Å². The van der Waals surface area contributed by atoms with Crippen LogP contribution in [0.25, 0.3) is 0 Å². The van der Waals surface area contributed by atoms with E-state index in [0.29, 0.717) is 13.0 Å². The van der Waals surface area contributed by atoms with Crippen LogP contribution in [0.5, 0.6) is 0 Å². The Morgan fingerprint density at radius 1 is 1.38 bits per heavy atom. The topological polar surface area (TPSA) is 66.6 Å². The third-order valence-electron chi connectivity index (χ3n) is 4.33. The van der Waals surface area contributed by atoms with Gasteiger partial charge in [-0.1, -0.05) is 32.9 Å². The molecule has 1 unspecified atom stereocenters. The normalized spacial score (nSPS) is 19.0. The molecule has 0 bridgehead atoms. The first-order valence-corrected chi connectivity index (χ1v) is 7.72. The molecule has 1 saturated heterocycles. The van der Waals surface area contributed by atoms with Gasteiger partial charge in [-0.2, -0.15) is 0 Å². The van der Waals surface area contributed by atoms with Crippen LogP contribution in [0.1, 0.15) is 27.2 Å². The fraction of sp³-hybridized carbons (Fsp3) is 0.529. The van der Waals surface area contributed by atoms with Gasteiger partial charge in [0.25, 0.3) is 0 Å². The highest BCUT2D eigenvalue weighted by atomic mass is 35.5. The molecular weight excluding hydrogens is 333 g/mol. The molecule has 1 heterocycles. The molecule has 1 aliphatic heterocycles. The molecule has 2 atom stereocenters. The lowest BCUT2D eigenvalue weighted by molar-refractivity contribution is -0.139. The van der Waals surface area contributed by atoms with Crippen molar-refractivity contribution < 1.29 is 14.0 Å². The van der Waals surface area contributed by atoms with Crippen molar-refractivity contribution in [1.29, 1.82) is 0 Å². The molecular formula is C17H25ClFN3O2. The molecule has 2 rings (SSSR count). The molecule has 1 aromatic rings. The van der Waals surface area contributed by atoms with Crippen LogP contribution < -0.4 is 10.6 Å². The largest absolute Gasteiger partial charge is 0.332 e. The minimum atomic E-state index is -0.692. The van der Waals surface area contributed by atoms with E-state index in [1.165, 1.54) is 15.9 Å². The Hall–Kier alpha value is -1.66. The highest BCUT2D eigenvalue weighted by molar-refractivity contribution is 6.01. The van der Waals surface area contributed by atoms with Crippen LogP contribution in [-0.4, -0.2) is 42.4 Å². The molecule has 0 aliphatic carbocycles. The molecule has 24 heavy (non-hydrogen) atoms. The lowest BCUT2D eigenvalue weighted by Crippen LogP contribution is -2.53. The Kier molecular flexibility index (Phi) is 6.36. The minimum absolute atomic E-state index is 0. The molecule has 1 aromatic carbocycles. The van der Waals surface area contributed by atoms with E-state index in [1.54, 1.807) is 25.2 Å². The lowest BCUT2D eigenvalue weighted by Gasteiger charge is -2.32. The Morgan fingerprint density at radius 3 is 2.50 bits per heavy atom. The predicted octanol–water partition coefficient (Wildman–Crippen LogP) is 2.18. The second kappa shape index (κ2) is 7.49. The van der Waals surface area contributed by atoms with E-state index in [2.05, 4.69) is 0 Å². The maximum absolute atomic E-state index is 13.9. The van der Waals surface area contributed by atoms with Gasteiger partial charge in [0, 0.05) is 13.6 Å². The number of para-hydroxylation sites is 1. The Bertz CT molecular complexity index is 618. The molecule has 0 saturated carbocycles. The standard InChI is InChI=1S/C17H24FN3O2.ClH/c1-17(2,3)14(19)16(23)20(4)13-9-10-21(15(13)22)12-8-6-5-7-11(12)18;/h5-8,13-14H,9-10,19H2,1-4H3;1H/t13?,14-;/m1./s1. The molecule has 1 aliphatic rings. The van der Waals surface area contributed by atoms with Crippen LogP contribution in [0.2, 0.25) is 0 Å². The van der Waals surface area contributed by atoms with Gasteiger partial charge in [-0.15, -0.1) is 12.4 Å². The molecule has 2 N–H and O–H groups in total. The van der Waals surface area contributed by atoms with Gasteiger partial charge in [0.15, 0.2) is 0 Å². The van der Waals surface area contributed by atoms with Crippen molar-refractivity contribution in [1.82, 2.24) is 4.90 Å². The van der Waals surface area contributed by atoms with E-state index in [1.807, 2.05) is 20.8 Å². The first kappa shape index (κ1) is 20.4.